The number of nitrogens with one attached hydrogen (secondary N) is 1. The van der Waals surface area contributed by atoms with E-state index in [2.05, 4.69) is 4.98 Å². The zero-order chi connectivity index (χ0) is 19.9. The predicted octanol–water partition coefficient (Wildman–Crippen LogP) is 4.16. The first-order valence-corrected chi connectivity index (χ1v) is 8.67. The Hall–Kier alpha value is -2.86. The minimum Gasteiger partial charge on any atom is -0.484 e. The fourth-order valence-corrected chi connectivity index (χ4v) is 3.42. The summed E-state index contributed by atoms with van der Waals surface area (Å²) < 4.78 is 10.7. The molecule has 0 fully saturated rings. The second-order valence-corrected chi connectivity index (χ2v) is 6.83. The Morgan fingerprint density at radius 2 is 1.89 bits per heavy atom. The minimum absolute atomic E-state index is 0.107. The first kappa shape index (κ1) is 18.9. The summed E-state index contributed by atoms with van der Waals surface area (Å²) in [4.78, 5) is 38.7. The third-order valence-corrected chi connectivity index (χ3v) is 4.73. The summed E-state index contributed by atoms with van der Waals surface area (Å²) >= 11 is 6.24. The van der Waals surface area contributed by atoms with E-state index in [0.29, 0.717) is 38.5 Å². The summed E-state index contributed by atoms with van der Waals surface area (Å²) in [6.07, 6.45) is 0. The summed E-state index contributed by atoms with van der Waals surface area (Å²) in [5, 5.41) is 0.997. The molecule has 0 atom stereocenters. The monoisotopic (exact) mass is 387 g/mol. The van der Waals surface area contributed by atoms with Crippen molar-refractivity contribution in [1.82, 2.24) is 4.98 Å². The zero-order valence-corrected chi connectivity index (χ0v) is 16.1. The maximum Gasteiger partial charge on any atom is 0.336 e. The lowest BCUT2D eigenvalue weighted by Crippen LogP contribution is -2.13. The largest absolute Gasteiger partial charge is 0.484 e. The maximum absolute atomic E-state index is 12.5. The van der Waals surface area contributed by atoms with Crippen LogP contribution in [-0.4, -0.2) is 23.2 Å². The summed E-state index contributed by atoms with van der Waals surface area (Å²) in [5.74, 6) is -0.187. The number of H-pyrrole nitrogens is 1. The molecule has 7 heteroatoms. The molecule has 6 nitrogen and oxygen atoms in total. The van der Waals surface area contributed by atoms with Gasteiger partial charge in [-0.05, 0) is 44.9 Å². The van der Waals surface area contributed by atoms with Crippen molar-refractivity contribution in [2.45, 2.75) is 27.7 Å². The SMILES string of the molecule is CC(=O)c1c(C)[nH]c(C(=O)COc2cc3oc(=O)cc(C)c3cc2Cl)c1C. The Bertz CT molecular complexity index is 1140. The van der Waals surface area contributed by atoms with Crippen LogP contribution in [0.4, 0.5) is 0 Å². The number of hydrogen-bond acceptors (Lipinski definition) is 5. The molecule has 1 N–H and O–H groups in total. The molecule has 27 heavy (non-hydrogen) atoms. The van der Waals surface area contributed by atoms with E-state index < -0.39 is 5.63 Å². The standard InChI is InChI=1S/C20H18ClNO5/c1-9-5-18(25)27-16-7-17(14(21)6-13(9)16)26-8-15(24)20-10(2)19(12(4)23)11(3)22-20/h5-7,22H,8H2,1-4H3. The van der Waals surface area contributed by atoms with E-state index in [0.717, 1.165) is 5.56 Å². The van der Waals surface area contributed by atoms with Crippen LogP contribution in [0, 0.1) is 20.8 Å². The van der Waals surface area contributed by atoms with Gasteiger partial charge in [-0.1, -0.05) is 11.6 Å². The van der Waals surface area contributed by atoms with Crippen LogP contribution < -0.4 is 10.4 Å². The summed E-state index contributed by atoms with van der Waals surface area (Å²) in [5.41, 5.74) is 2.68. The molecule has 3 aromatic rings. The van der Waals surface area contributed by atoms with E-state index in [1.54, 1.807) is 26.8 Å². The van der Waals surface area contributed by atoms with Gasteiger partial charge in [0.1, 0.15) is 11.3 Å². The van der Waals surface area contributed by atoms with E-state index in [1.165, 1.54) is 19.1 Å². The molecule has 0 aliphatic carbocycles. The normalized spacial score (nSPS) is 11.0. The third-order valence-electron chi connectivity index (χ3n) is 4.43. The van der Waals surface area contributed by atoms with Crippen LogP contribution >= 0.6 is 11.6 Å². The molecule has 0 aliphatic heterocycles. The summed E-state index contributed by atoms with van der Waals surface area (Å²) in [6, 6.07) is 4.51. The van der Waals surface area contributed by atoms with Gasteiger partial charge < -0.3 is 14.1 Å². The Labute approximate surface area is 160 Å². The first-order chi connectivity index (χ1) is 12.7. The van der Waals surface area contributed by atoms with Crippen LogP contribution in [0.25, 0.3) is 11.0 Å². The molecule has 0 amide bonds. The quantitative estimate of drug-likeness (QED) is 0.524. The Morgan fingerprint density at radius 1 is 1.19 bits per heavy atom. The van der Waals surface area contributed by atoms with Gasteiger partial charge in [-0.15, -0.1) is 0 Å². The highest BCUT2D eigenvalue weighted by Gasteiger charge is 2.20. The molecule has 0 radical (unpaired) electrons. The van der Waals surface area contributed by atoms with Gasteiger partial charge in [0, 0.05) is 28.8 Å². The molecule has 140 valence electrons. The lowest BCUT2D eigenvalue weighted by atomic mass is 10.1. The topological polar surface area (TPSA) is 89.4 Å². The molecule has 0 spiro atoms. The molecule has 0 bridgehead atoms. The second kappa shape index (κ2) is 7.04. The summed E-state index contributed by atoms with van der Waals surface area (Å²) in [7, 11) is 0. The number of aryl methyl sites for hydroxylation is 2. The zero-order valence-electron chi connectivity index (χ0n) is 15.4. The van der Waals surface area contributed by atoms with Crippen LogP contribution in [0.3, 0.4) is 0 Å². The van der Waals surface area contributed by atoms with E-state index in [4.69, 9.17) is 20.8 Å². The fraction of sp³-hybridized carbons (Fsp3) is 0.250. The number of ketones is 2. The molecule has 0 aliphatic rings. The molecular formula is C20H18ClNO5. The number of aromatic amines is 1. The van der Waals surface area contributed by atoms with Crippen molar-refractivity contribution >= 4 is 34.1 Å². The Kier molecular flexibility index (Phi) is 4.93. The molecule has 3 rings (SSSR count). The highest BCUT2D eigenvalue weighted by atomic mass is 35.5. The van der Waals surface area contributed by atoms with Crippen molar-refractivity contribution in [2.75, 3.05) is 6.61 Å². The van der Waals surface area contributed by atoms with E-state index in [1.807, 2.05) is 0 Å². The number of hydrogen-bond donors (Lipinski definition) is 1. The maximum atomic E-state index is 12.5. The van der Waals surface area contributed by atoms with Crippen LogP contribution in [0.2, 0.25) is 5.02 Å². The smallest absolute Gasteiger partial charge is 0.336 e. The second-order valence-electron chi connectivity index (χ2n) is 6.42. The van der Waals surface area contributed by atoms with Crippen molar-refractivity contribution in [1.29, 1.82) is 0 Å². The van der Waals surface area contributed by atoms with Gasteiger partial charge in [0.05, 0.1) is 10.7 Å². The van der Waals surface area contributed by atoms with Crippen LogP contribution in [0.1, 0.15) is 44.6 Å². The lowest BCUT2D eigenvalue weighted by Gasteiger charge is -2.09. The number of carbonyl (C=O) groups excluding carboxylic acids is 2. The minimum atomic E-state index is -0.474. The predicted molar refractivity (Wildman–Crippen MR) is 102 cm³/mol. The Morgan fingerprint density at radius 3 is 2.52 bits per heavy atom. The third kappa shape index (κ3) is 3.53. The molecule has 2 aromatic heterocycles. The number of aromatic nitrogens is 1. The number of benzene rings is 1. The van der Waals surface area contributed by atoms with E-state index in [9.17, 15) is 14.4 Å². The van der Waals surface area contributed by atoms with Gasteiger partial charge >= 0.3 is 5.63 Å². The van der Waals surface area contributed by atoms with Crippen molar-refractivity contribution in [3.63, 3.8) is 0 Å². The van der Waals surface area contributed by atoms with Crippen molar-refractivity contribution in [2.24, 2.45) is 0 Å². The van der Waals surface area contributed by atoms with Gasteiger partial charge in [0.15, 0.2) is 12.4 Å². The highest BCUT2D eigenvalue weighted by molar-refractivity contribution is 6.32. The molecule has 0 saturated carbocycles. The van der Waals surface area contributed by atoms with E-state index >= 15 is 0 Å². The molecular weight excluding hydrogens is 370 g/mol. The van der Waals surface area contributed by atoms with E-state index in [-0.39, 0.29) is 23.9 Å². The average Bonchev–Trinajstić information content (AvgIpc) is 2.88. The number of halogens is 1. The van der Waals surface area contributed by atoms with Crippen LogP contribution in [-0.2, 0) is 0 Å². The number of fused-ring (bicyclic) bond motifs is 1. The number of rotatable bonds is 5. The number of Topliss-reactive ketones (excluding diaryl/α,β-unsaturated/α-hetero) is 2. The van der Waals surface area contributed by atoms with Gasteiger partial charge in [0.2, 0.25) is 5.78 Å². The van der Waals surface area contributed by atoms with Crippen molar-refractivity contribution in [3.8, 4) is 5.75 Å². The number of carbonyl (C=O) groups is 2. The van der Waals surface area contributed by atoms with Gasteiger partial charge in [-0.2, -0.15) is 0 Å². The number of ether oxygens (including phenoxy) is 1. The first-order valence-electron chi connectivity index (χ1n) is 8.29. The van der Waals surface area contributed by atoms with Crippen molar-refractivity contribution < 1.29 is 18.7 Å². The molecule has 0 saturated heterocycles. The van der Waals surface area contributed by atoms with Crippen LogP contribution in [0.5, 0.6) is 5.75 Å². The summed E-state index contributed by atoms with van der Waals surface area (Å²) in [6.45, 7) is 6.42. The van der Waals surface area contributed by atoms with Crippen molar-refractivity contribution in [3.05, 3.63) is 61.7 Å². The van der Waals surface area contributed by atoms with Gasteiger partial charge in [0.25, 0.3) is 0 Å². The fourth-order valence-electron chi connectivity index (χ4n) is 3.20. The van der Waals surface area contributed by atoms with Crippen LogP contribution in [0.15, 0.2) is 27.4 Å². The van der Waals surface area contributed by atoms with Gasteiger partial charge in [-0.3, -0.25) is 9.59 Å². The molecule has 1 aromatic carbocycles. The average molecular weight is 388 g/mol. The lowest BCUT2D eigenvalue weighted by molar-refractivity contribution is 0.0916. The molecule has 2 heterocycles. The molecule has 0 unspecified atom stereocenters. The Balaban J connectivity index is 1.88. The van der Waals surface area contributed by atoms with Gasteiger partial charge in [-0.25, -0.2) is 4.79 Å². The highest BCUT2D eigenvalue weighted by Crippen LogP contribution is 2.31.